The molecule has 1 aliphatic rings. The van der Waals surface area contributed by atoms with Crippen LogP contribution in [0.15, 0.2) is 30.5 Å². The first-order valence-corrected chi connectivity index (χ1v) is 6.56. The van der Waals surface area contributed by atoms with E-state index in [2.05, 4.69) is 4.98 Å². The van der Waals surface area contributed by atoms with Crippen LogP contribution in [0.5, 0.6) is 0 Å². The van der Waals surface area contributed by atoms with Crippen LogP contribution in [0.1, 0.15) is 37.2 Å². The van der Waals surface area contributed by atoms with Gasteiger partial charge in [-0.3, -0.25) is 4.79 Å². The zero-order valence-electron chi connectivity index (χ0n) is 10.2. The molecular weight excluding hydrogens is 226 g/mol. The minimum Gasteiger partial charge on any atom is -0.481 e. The summed E-state index contributed by atoms with van der Waals surface area (Å²) in [5.74, 6) is -0.753. The van der Waals surface area contributed by atoms with Crippen LogP contribution in [-0.4, -0.2) is 16.1 Å². The lowest BCUT2D eigenvalue weighted by atomic mass is 9.85. The second-order valence-corrected chi connectivity index (χ2v) is 5.15. The predicted octanol–water partition coefficient (Wildman–Crippen LogP) is 3.53. The van der Waals surface area contributed by atoms with E-state index in [1.54, 1.807) is 0 Å². The summed E-state index contributed by atoms with van der Waals surface area (Å²) < 4.78 is 0. The van der Waals surface area contributed by atoms with Gasteiger partial charge in [0.15, 0.2) is 0 Å². The van der Waals surface area contributed by atoms with Gasteiger partial charge in [0.05, 0.1) is 5.92 Å². The number of nitrogens with one attached hydrogen (secondary N) is 1. The van der Waals surface area contributed by atoms with Gasteiger partial charge < -0.3 is 10.1 Å². The van der Waals surface area contributed by atoms with Crippen LogP contribution in [0.3, 0.4) is 0 Å². The third-order valence-electron chi connectivity index (χ3n) is 4.09. The highest BCUT2D eigenvalue weighted by molar-refractivity contribution is 5.89. The van der Waals surface area contributed by atoms with Crippen molar-refractivity contribution >= 4 is 16.9 Å². The SMILES string of the molecule is O=C(O)C(c1c[nH]c2ccccc12)C1CCCC1. The van der Waals surface area contributed by atoms with Gasteiger partial charge in [-0.25, -0.2) is 0 Å². The first-order chi connectivity index (χ1) is 8.77. The molecule has 3 nitrogen and oxygen atoms in total. The smallest absolute Gasteiger partial charge is 0.311 e. The maximum absolute atomic E-state index is 11.6. The molecule has 3 rings (SSSR count). The van der Waals surface area contributed by atoms with Crippen LogP contribution in [0.25, 0.3) is 10.9 Å². The molecule has 94 valence electrons. The Bertz CT molecular complexity index is 567. The highest BCUT2D eigenvalue weighted by Gasteiger charge is 2.33. The Morgan fingerprint density at radius 1 is 1.28 bits per heavy atom. The molecule has 1 aliphatic carbocycles. The van der Waals surface area contributed by atoms with Crippen LogP contribution in [0, 0.1) is 5.92 Å². The molecule has 0 saturated heterocycles. The number of rotatable bonds is 3. The van der Waals surface area contributed by atoms with Gasteiger partial charge in [-0.15, -0.1) is 0 Å². The first kappa shape index (κ1) is 11.3. The van der Waals surface area contributed by atoms with Crippen LogP contribution >= 0.6 is 0 Å². The van der Waals surface area contributed by atoms with Crippen molar-refractivity contribution < 1.29 is 9.90 Å². The second-order valence-electron chi connectivity index (χ2n) is 5.15. The Labute approximate surface area is 106 Å². The fourth-order valence-electron chi connectivity index (χ4n) is 3.23. The lowest BCUT2D eigenvalue weighted by molar-refractivity contribution is -0.140. The number of aliphatic carboxylic acids is 1. The third kappa shape index (κ3) is 1.80. The zero-order chi connectivity index (χ0) is 12.5. The highest BCUT2D eigenvalue weighted by atomic mass is 16.4. The standard InChI is InChI=1S/C15H17NO2/c17-15(18)14(10-5-1-2-6-10)12-9-16-13-8-4-3-7-11(12)13/h3-4,7-10,14,16H,1-2,5-6H2,(H,17,18). The molecule has 0 bridgehead atoms. The molecule has 2 aromatic rings. The van der Waals surface area contributed by atoms with Gasteiger partial charge in [0.2, 0.25) is 0 Å². The fourth-order valence-corrected chi connectivity index (χ4v) is 3.23. The van der Waals surface area contributed by atoms with Crippen molar-refractivity contribution in [3.05, 3.63) is 36.0 Å². The molecule has 0 radical (unpaired) electrons. The summed E-state index contributed by atoms with van der Waals surface area (Å²) in [6, 6.07) is 7.93. The number of hydrogen-bond donors (Lipinski definition) is 2. The van der Waals surface area contributed by atoms with Crippen molar-refractivity contribution in [3.8, 4) is 0 Å². The van der Waals surface area contributed by atoms with Crippen LogP contribution in [0.4, 0.5) is 0 Å². The first-order valence-electron chi connectivity index (χ1n) is 6.56. The van der Waals surface area contributed by atoms with Gasteiger partial charge in [0.1, 0.15) is 0 Å². The summed E-state index contributed by atoms with van der Waals surface area (Å²) in [6.45, 7) is 0. The molecule has 1 heterocycles. The molecule has 2 N–H and O–H groups in total. The summed E-state index contributed by atoms with van der Waals surface area (Å²) in [4.78, 5) is 14.8. The fraction of sp³-hybridized carbons (Fsp3) is 0.400. The van der Waals surface area contributed by atoms with Crippen LogP contribution < -0.4 is 0 Å². The van der Waals surface area contributed by atoms with Gasteiger partial charge in [-0.1, -0.05) is 31.0 Å². The molecule has 1 atom stereocenters. The molecule has 1 unspecified atom stereocenters. The molecule has 3 heteroatoms. The van der Waals surface area contributed by atoms with Gasteiger partial charge in [-0.05, 0) is 30.4 Å². The van der Waals surface area contributed by atoms with Gasteiger partial charge in [0, 0.05) is 17.1 Å². The number of H-pyrrole nitrogens is 1. The molecule has 0 aliphatic heterocycles. The van der Waals surface area contributed by atoms with Crippen LogP contribution in [0.2, 0.25) is 0 Å². The summed E-state index contributed by atoms with van der Waals surface area (Å²) in [5.41, 5.74) is 1.97. The minimum absolute atomic E-state index is 0.293. The Balaban J connectivity index is 2.06. The quantitative estimate of drug-likeness (QED) is 0.866. The van der Waals surface area contributed by atoms with E-state index >= 15 is 0 Å². The molecule has 1 saturated carbocycles. The number of aromatic amines is 1. The number of carboxylic acids is 1. The van der Waals surface area contributed by atoms with Crippen molar-refractivity contribution in [2.45, 2.75) is 31.6 Å². The summed E-state index contributed by atoms with van der Waals surface area (Å²) in [5, 5.41) is 10.6. The molecule has 1 fully saturated rings. The van der Waals surface area contributed by atoms with E-state index in [-0.39, 0.29) is 5.92 Å². The number of aromatic nitrogens is 1. The second kappa shape index (κ2) is 4.48. The number of para-hydroxylation sites is 1. The Hall–Kier alpha value is -1.77. The van der Waals surface area contributed by atoms with E-state index in [0.717, 1.165) is 42.1 Å². The van der Waals surface area contributed by atoms with E-state index in [1.165, 1.54) is 0 Å². The number of carbonyl (C=O) groups is 1. The van der Waals surface area contributed by atoms with Crippen molar-refractivity contribution in [3.63, 3.8) is 0 Å². The number of fused-ring (bicyclic) bond motifs is 1. The lowest BCUT2D eigenvalue weighted by Gasteiger charge is -2.18. The molecule has 1 aromatic heterocycles. The zero-order valence-corrected chi connectivity index (χ0v) is 10.2. The van der Waals surface area contributed by atoms with Gasteiger partial charge in [-0.2, -0.15) is 0 Å². The van der Waals surface area contributed by atoms with Crippen molar-refractivity contribution in [2.75, 3.05) is 0 Å². The third-order valence-corrected chi connectivity index (χ3v) is 4.09. The maximum atomic E-state index is 11.6. The van der Waals surface area contributed by atoms with E-state index in [1.807, 2.05) is 30.5 Å². The maximum Gasteiger partial charge on any atom is 0.311 e. The average Bonchev–Trinajstić information content (AvgIpc) is 3.00. The summed E-state index contributed by atoms with van der Waals surface area (Å²) in [6.07, 6.45) is 6.28. The highest BCUT2D eigenvalue weighted by Crippen LogP contribution is 2.39. The lowest BCUT2D eigenvalue weighted by Crippen LogP contribution is -2.19. The molecular formula is C15H17NO2. The van der Waals surface area contributed by atoms with Gasteiger partial charge >= 0.3 is 5.97 Å². The van der Waals surface area contributed by atoms with Gasteiger partial charge in [0.25, 0.3) is 0 Å². The predicted molar refractivity (Wildman–Crippen MR) is 70.6 cm³/mol. The van der Waals surface area contributed by atoms with Crippen molar-refractivity contribution in [2.24, 2.45) is 5.92 Å². The average molecular weight is 243 g/mol. The molecule has 18 heavy (non-hydrogen) atoms. The Morgan fingerprint density at radius 3 is 2.72 bits per heavy atom. The van der Waals surface area contributed by atoms with E-state index < -0.39 is 5.97 Å². The Kier molecular flexibility index (Phi) is 2.82. The molecule has 0 spiro atoms. The monoisotopic (exact) mass is 243 g/mol. The molecule has 0 amide bonds. The Morgan fingerprint density at radius 2 is 2.00 bits per heavy atom. The van der Waals surface area contributed by atoms with E-state index in [9.17, 15) is 9.90 Å². The number of hydrogen-bond acceptors (Lipinski definition) is 1. The van der Waals surface area contributed by atoms with Crippen LogP contribution in [-0.2, 0) is 4.79 Å². The summed E-state index contributed by atoms with van der Waals surface area (Å²) >= 11 is 0. The van der Waals surface area contributed by atoms with Crippen molar-refractivity contribution in [1.82, 2.24) is 4.98 Å². The van der Waals surface area contributed by atoms with E-state index in [4.69, 9.17) is 0 Å². The molecule has 1 aromatic carbocycles. The number of carboxylic acid groups (broad SMARTS) is 1. The number of benzene rings is 1. The summed E-state index contributed by atoms with van der Waals surface area (Å²) in [7, 11) is 0. The topological polar surface area (TPSA) is 53.1 Å². The van der Waals surface area contributed by atoms with Crippen molar-refractivity contribution in [1.29, 1.82) is 0 Å². The largest absolute Gasteiger partial charge is 0.481 e. The minimum atomic E-state index is -0.688. The normalized spacial score (nSPS) is 18.2. The van der Waals surface area contributed by atoms with E-state index in [0.29, 0.717) is 5.92 Å².